The molecule has 1 fully saturated rings. The van der Waals surface area contributed by atoms with E-state index in [4.69, 9.17) is 14.6 Å². The van der Waals surface area contributed by atoms with Crippen LogP contribution in [0.3, 0.4) is 0 Å². The van der Waals surface area contributed by atoms with E-state index in [1.807, 2.05) is 24.3 Å². The van der Waals surface area contributed by atoms with Crippen molar-refractivity contribution in [2.75, 3.05) is 37.7 Å². The summed E-state index contributed by atoms with van der Waals surface area (Å²) in [5.41, 5.74) is 3.19. The highest BCUT2D eigenvalue weighted by molar-refractivity contribution is 5.84. The molecule has 2 aromatic carbocycles. The van der Waals surface area contributed by atoms with Gasteiger partial charge in [-0.05, 0) is 81.1 Å². The average molecular weight is 524 g/mol. The molecule has 7 nitrogen and oxygen atoms in total. The molecule has 1 saturated heterocycles. The molecule has 0 aromatic heterocycles. The van der Waals surface area contributed by atoms with Crippen LogP contribution in [0.4, 0.5) is 24.5 Å². The third kappa shape index (κ3) is 11.1. The van der Waals surface area contributed by atoms with Crippen molar-refractivity contribution in [3.8, 4) is 5.75 Å². The second-order valence-corrected chi connectivity index (χ2v) is 9.42. The lowest BCUT2D eigenvalue weighted by Crippen LogP contribution is -2.40. The van der Waals surface area contributed by atoms with Crippen LogP contribution in [0.1, 0.15) is 32.3 Å². The van der Waals surface area contributed by atoms with Crippen molar-refractivity contribution >= 4 is 23.3 Å². The van der Waals surface area contributed by atoms with Crippen molar-refractivity contribution in [2.45, 2.75) is 39.8 Å². The standard InChI is InChI=1S/C25H35N3O2.C2HF3O2/c1-19(2)18-30-24-10-8-23(9-11-24)28(22-6-4-20(3)5-7-22)17-25(29)27-16-21-12-14-26-15-13-21;3-2(4,5)1(6)7/h4-11,19,21,26H,12-18H2,1-3H3,(H,27,29);(H,6,7). The maximum atomic E-state index is 12.8. The van der Waals surface area contributed by atoms with Gasteiger partial charge in [0.2, 0.25) is 5.91 Å². The van der Waals surface area contributed by atoms with E-state index in [2.05, 4.69) is 60.6 Å². The van der Waals surface area contributed by atoms with Crippen molar-refractivity contribution in [1.82, 2.24) is 10.6 Å². The molecule has 10 heteroatoms. The second kappa shape index (κ2) is 14.5. The molecule has 204 valence electrons. The van der Waals surface area contributed by atoms with Crippen molar-refractivity contribution in [2.24, 2.45) is 11.8 Å². The van der Waals surface area contributed by atoms with Gasteiger partial charge in [-0.3, -0.25) is 4.79 Å². The SMILES string of the molecule is Cc1ccc(N(CC(=O)NCC2CCNCC2)c2ccc(OCC(C)C)cc2)cc1.O=C(O)C(F)(F)F. The van der Waals surface area contributed by atoms with E-state index in [9.17, 15) is 18.0 Å². The summed E-state index contributed by atoms with van der Waals surface area (Å²) < 4.78 is 37.5. The fourth-order valence-corrected chi connectivity index (χ4v) is 3.59. The molecular formula is C27H36F3N3O4. The van der Waals surface area contributed by atoms with Gasteiger partial charge in [-0.2, -0.15) is 13.2 Å². The van der Waals surface area contributed by atoms with Crippen molar-refractivity contribution in [3.05, 3.63) is 54.1 Å². The summed E-state index contributed by atoms with van der Waals surface area (Å²) in [5, 5.41) is 13.6. The van der Waals surface area contributed by atoms with E-state index in [1.54, 1.807) is 0 Å². The van der Waals surface area contributed by atoms with Gasteiger partial charge in [0, 0.05) is 17.9 Å². The van der Waals surface area contributed by atoms with Gasteiger partial charge >= 0.3 is 12.1 Å². The van der Waals surface area contributed by atoms with Gasteiger partial charge in [-0.25, -0.2) is 4.79 Å². The van der Waals surface area contributed by atoms with E-state index in [-0.39, 0.29) is 5.91 Å². The van der Waals surface area contributed by atoms with Crippen LogP contribution in [-0.4, -0.2) is 55.9 Å². The van der Waals surface area contributed by atoms with E-state index >= 15 is 0 Å². The van der Waals surface area contributed by atoms with Crippen LogP contribution < -0.4 is 20.3 Å². The Morgan fingerprint density at radius 2 is 1.57 bits per heavy atom. The molecule has 0 atom stereocenters. The molecule has 3 rings (SSSR count). The molecular weight excluding hydrogens is 487 g/mol. The van der Waals surface area contributed by atoms with Crippen LogP contribution in [0.25, 0.3) is 0 Å². The lowest BCUT2D eigenvalue weighted by molar-refractivity contribution is -0.192. The zero-order valence-electron chi connectivity index (χ0n) is 21.5. The zero-order valence-corrected chi connectivity index (χ0v) is 21.5. The van der Waals surface area contributed by atoms with E-state index in [0.29, 0.717) is 25.0 Å². The number of hydrogen-bond acceptors (Lipinski definition) is 5. The summed E-state index contributed by atoms with van der Waals surface area (Å²) in [6.45, 7) is 10.2. The fourth-order valence-electron chi connectivity index (χ4n) is 3.59. The summed E-state index contributed by atoms with van der Waals surface area (Å²) in [7, 11) is 0. The largest absolute Gasteiger partial charge is 0.493 e. The van der Waals surface area contributed by atoms with Crippen molar-refractivity contribution in [1.29, 1.82) is 0 Å². The maximum absolute atomic E-state index is 12.8. The number of carbonyl (C=O) groups excluding carboxylic acids is 1. The predicted octanol–water partition coefficient (Wildman–Crippen LogP) is 4.92. The number of anilines is 2. The Morgan fingerprint density at radius 1 is 1.05 bits per heavy atom. The number of carbonyl (C=O) groups is 2. The van der Waals surface area contributed by atoms with Crippen LogP contribution in [-0.2, 0) is 9.59 Å². The number of aryl methyl sites for hydroxylation is 1. The number of carboxylic acids is 1. The number of aliphatic carboxylic acids is 1. The van der Waals surface area contributed by atoms with Crippen LogP contribution in [0.2, 0.25) is 0 Å². The first-order valence-electron chi connectivity index (χ1n) is 12.3. The van der Waals surface area contributed by atoms with Crippen molar-refractivity contribution in [3.63, 3.8) is 0 Å². The number of hydrogen-bond donors (Lipinski definition) is 3. The summed E-state index contributed by atoms with van der Waals surface area (Å²) >= 11 is 0. The lowest BCUT2D eigenvalue weighted by Gasteiger charge is -2.26. The maximum Gasteiger partial charge on any atom is 0.490 e. The number of ether oxygens (including phenoxy) is 1. The summed E-state index contributed by atoms with van der Waals surface area (Å²) in [6, 6.07) is 16.3. The number of halogens is 3. The number of piperidine rings is 1. The number of alkyl halides is 3. The highest BCUT2D eigenvalue weighted by atomic mass is 19.4. The first-order valence-corrected chi connectivity index (χ1v) is 12.3. The molecule has 1 aliphatic rings. The molecule has 2 aromatic rings. The summed E-state index contributed by atoms with van der Waals surface area (Å²) in [6.07, 6.45) is -2.83. The van der Waals surface area contributed by atoms with Gasteiger partial charge in [-0.15, -0.1) is 0 Å². The Labute approximate surface area is 216 Å². The Kier molecular flexibility index (Phi) is 11.7. The monoisotopic (exact) mass is 523 g/mol. The molecule has 0 unspecified atom stereocenters. The highest BCUT2D eigenvalue weighted by Gasteiger charge is 2.38. The first-order chi connectivity index (χ1) is 17.5. The van der Waals surface area contributed by atoms with Crippen LogP contribution >= 0.6 is 0 Å². The normalized spacial score (nSPS) is 13.9. The molecule has 37 heavy (non-hydrogen) atoms. The van der Waals surface area contributed by atoms with E-state index < -0.39 is 12.1 Å². The smallest absolute Gasteiger partial charge is 0.490 e. The first kappa shape index (κ1) is 30.0. The van der Waals surface area contributed by atoms with E-state index in [1.165, 1.54) is 5.56 Å². The van der Waals surface area contributed by atoms with Crippen LogP contribution in [0, 0.1) is 18.8 Å². The number of benzene rings is 2. The minimum Gasteiger partial charge on any atom is -0.493 e. The van der Waals surface area contributed by atoms with Gasteiger partial charge in [0.05, 0.1) is 6.61 Å². The Balaban J connectivity index is 0.000000604. The predicted molar refractivity (Wildman–Crippen MR) is 137 cm³/mol. The van der Waals surface area contributed by atoms with Crippen LogP contribution in [0.15, 0.2) is 48.5 Å². The molecule has 1 aliphatic heterocycles. The zero-order chi connectivity index (χ0) is 27.4. The topological polar surface area (TPSA) is 90.9 Å². The Morgan fingerprint density at radius 3 is 2.05 bits per heavy atom. The molecule has 0 saturated carbocycles. The third-order valence-corrected chi connectivity index (χ3v) is 5.67. The van der Waals surface area contributed by atoms with Gasteiger partial charge in [0.15, 0.2) is 0 Å². The number of carboxylic acid groups (broad SMARTS) is 1. The van der Waals surface area contributed by atoms with Gasteiger partial charge in [0.1, 0.15) is 12.3 Å². The van der Waals surface area contributed by atoms with Crippen LogP contribution in [0.5, 0.6) is 5.75 Å². The number of rotatable bonds is 9. The average Bonchev–Trinajstić information content (AvgIpc) is 2.86. The third-order valence-electron chi connectivity index (χ3n) is 5.67. The Hall–Kier alpha value is -3.27. The quantitative estimate of drug-likeness (QED) is 0.433. The Bertz CT molecular complexity index is 974. The number of amides is 1. The number of nitrogens with one attached hydrogen (secondary N) is 2. The minimum absolute atomic E-state index is 0.0502. The molecule has 1 amide bonds. The second-order valence-electron chi connectivity index (χ2n) is 9.42. The van der Waals surface area contributed by atoms with E-state index in [0.717, 1.165) is 49.6 Å². The molecule has 1 heterocycles. The lowest BCUT2D eigenvalue weighted by atomic mass is 9.98. The van der Waals surface area contributed by atoms with Gasteiger partial charge in [0.25, 0.3) is 0 Å². The van der Waals surface area contributed by atoms with Gasteiger partial charge < -0.3 is 25.4 Å². The highest BCUT2D eigenvalue weighted by Crippen LogP contribution is 2.27. The molecule has 0 spiro atoms. The number of nitrogens with zero attached hydrogens (tertiary/aromatic N) is 1. The molecule has 0 radical (unpaired) electrons. The molecule has 3 N–H and O–H groups in total. The summed E-state index contributed by atoms with van der Waals surface area (Å²) in [4.78, 5) is 23.7. The van der Waals surface area contributed by atoms with Crippen molar-refractivity contribution < 1.29 is 32.6 Å². The van der Waals surface area contributed by atoms with Gasteiger partial charge in [-0.1, -0.05) is 31.5 Å². The molecule has 0 bridgehead atoms. The summed E-state index contributed by atoms with van der Waals surface area (Å²) in [5.74, 6) is -0.800. The fraction of sp³-hybridized carbons (Fsp3) is 0.481. The minimum atomic E-state index is -5.08. The molecule has 0 aliphatic carbocycles.